The molecule has 0 radical (unpaired) electrons. The van der Waals surface area contributed by atoms with Gasteiger partial charge in [0.05, 0.1) is 10.5 Å². The van der Waals surface area contributed by atoms with Crippen LogP contribution in [0.1, 0.15) is 52.9 Å². The fourth-order valence-corrected chi connectivity index (χ4v) is 4.06. The number of sulfone groups is 1. The van der Waals surface area contributed by atoms with Crippen LogP contribution in [0.5, 0.6) is 0 Å². The van der Waals surface area contributed by atoms with E-state index in [4.69, 9.17) is 0 Å². The fourth-order valence-electron chi connectivity index (χ4n) is 2.61. The Balaban J connectivity index is 1.80. The van der Waals surface area contributed by atoms with Crippen LogP contribution in [-0.2, 0) is 14.6 Å². The van der Waals surface area contributed by atoms with Crippen molar-refractivity contribution in [3.63, 3.8) is 0 Å². The maximum absolute atomic E-state index is 12.2. The van der Waals surface area contributed by atoms with Crippen LogP contribution in [0.15, 0.2) is 0 Å². The van der Waals surface area contributed by atoms with Gasteiger partial charge in [-0.25, -0.2) is 8.42 Å². The van der Waals surface area contributed by atoms with E-state index in [1.807, 2.05) is 4.90 Å². The van der Waals surface area contributed by atoms with Crippen molar-refractivity contribution in [3.05, 3.63) is 0 Å². The largest absolute Gasteiger partial charge is 0.343 e. The van der Waals surface area contributed by atoms with Crippen molar-refractivity contribution >= 4 is 15.7 Å². The Labute approximate surface area is 122 Å². The molecule has 4 nitrogen and oxygen atoms in total. The first-order valence-corrected chi connectivity index (χ1v) is 9.34. The lowest BCUT2D eigenvalue weighted by molar-refractivity contribution is -0.132. The highest BCUT2D eigenvalue weighted by Crippen LogP contribution is 2.33. The van der Waals surface area contributed by atoms with Crippen LogP contribution < -0.4 is 0 Å². The van der Waals surface area contributed by atoms with Gasteiger partial charge in [0.2, 0.25) is 5.91 Å². The van der Waals surface area contributed by atoms with Crippen LogP contribution in [0.4, 0.5) is 0 Å². The number of amides is 1. The monoisotopic (exact) mass is 301 g/mol. The average Bonchev–Trinajstić information content (AvgIpc) is 3.11. The standard InChI is InChI=1S/C15H27NO3S/c1-15(2,3)20(18,19)11-13-6-8-16(9-7-13)14(17)10-12-4-5-12/h12-13H,4-11H2,1-3H3. The summed E-state index contributed by atoms with van der Waals surface area (Å²) in [4.78, 5) is 13.9. The molecule has 2 aliphatic rings. The topological polar surface area (TPSA) is 54.5 Å². The molecule has 0 bridgehead atoms. The van der Waals surface area contributed by atoms with Crippen molar-refractivity contribution in [1.82, 2.24) is 4.90 Å². The maximum Gasteiger partial charge on any atom is 0.222 e. The van der Waals surface area contributed by atoms with Gasteiger partial charge >= 0.3 is 0 Å². The van der Waals surface area contributed by atoms with Crippen molar-refractivity contribution in [2.45, 2.75) is 57.6 Å². The molecule has 0 aromatic carbocycles. The van der Waals surface area contributed by atoms with Gasteiger partial charge in [-0.05, 0) is 58.3 Å². The van der Waals surface area contributed by atoms with E-state index in [1.54, 1.807) is 20.8 Å². The van der Waals surface area contributed by atoms with Crippen molar-refractivity contribution in [3.8, 4) is 0 Å². The lowest BCUT2D eigenvalue weighted by atomic mass is 9.98. The Morgan fingerprint density at radius 2 is 1.60 bits per heavy atom. The van der Waals surface area contributed by atoms with Crippen LogP contribution in [-0.4, -0.2) is 42.8 Å². The van der Waals surface area contributed by atoms with E-state index in [1.165, 1.54) is 12.8 Å². The third kappa shape index (κ3) is 3.96. The number of carbonyl (C=O) groups is 1. The molecule has 0 aromatic heterocycles. The fraction of sp³-hybridized carbons (Fsp3) is 0.933. The zero-order valence-electron chi connectivity index (χ0n) is 12.9. The molecule has 0 N–H and O–H groups in total. The summed E-state index contributed by atoms with van der Waals surface area (Å²) in [6, 6.07) is 0. The Morgan fingerprint density at radius 1 is 1.05 bits per heavy atom. The minimum atomic E-state index is -3.05. The molecule has 20 heavy (non-hydrogen) atoms. The second-order valence-corrected chi connectivity index (χ2v) is 10.2. The molecule has 0 aromatic rings. The van der Waals surface area contributed by atoms with E-state index < -0.39 is 14.6 Å². The van der Waals surface area contributed by atoms with Gasteiger partial charge in [-0.1, -0.05) is 0 Å². The number of piperidine rings is 1. The van der Waals surface area contributed by atoms with Gasteiger partial charge < -0.3 is 4.90 Å². The lowest BCUT2D eigenvalue weighted by Gasteiger charge is -2.33. The summed E-state index contributed by atoms with van der Waals surface area (Å²) in [5, 5.41) is 0. The van der Waals surface area contributed by atoms with Crippen LogP contribution >= 0.6 is 0 Å². The Hall–Kier alpha value is -0.580. The molecule has 1 aliphatic heterocycles. The van der Waals surface area contributed by atoms with Crippen LogP contribution in [0.25, 0.3) is 0 Å². The van der Waals surface area contributed by atoms with Gasteiger partial charge in [-0.2, -0.15) is 0 Å². The predicted octanol–water partition coefficient (Wildman–Crippen LogP) is 2.24. The highest BCUT2D eigenvalue weighted by Gasteiger charge is 2.34. The summed E-state index contributed by atoms with van der Waals surface area (Å²) in [5.41, 5.74) is 0. The third-order valence-corrected chi connectivity index (χ3v) is 7.29. The molecule has 2 rings (SSSR count). The molecule has 1 saturated heterocycles. The third-order valence-electron chi connectivity index (χ3n) is 4.52. The number of likely N-dealkylation sites (tertiary alicyclic amines) is 1. The molecule has 0 unspecified atom stereocenters. The van der Waals surface area contributed by atoms with Crippen molar-refractivity contribution < 1.29 is 13.2 Å². The molecule has 1 aliphatic carbocycles. The summed E-state index contributed by atoms with van der Waals surface area (Å²) in [6.07, 6.45) is 4.75. The van der Waals surface area contributed by atoms with Gasteiger partial charge in [0, 0.05) is 19.5 Å². The van der Waals surface area contributed by atoms with E-state index in [-0.39, 0.29) is 17.6 Å². The molecule has 0 spiro atoms. The van der Waals surface area contributed by atoms with E-state index in [2.05, 4.69) is 0 Å². The van der Waals surface area contributed by atoms with Crippen LogP contribution in [0, 0.1) is 11.8 Å². The second kappa shape index (κ2) is 5.66. The lowest BCUT2D eigenvalue weighted by Crippen LogP contribution is -2.41. The maximum atomic E-state index is 12.2. The molecule has 1 amide bonds. The summed E-state index contributed by atoms with van der Waals surface area (Å²) in [6.45, 7) is 6.75. The molecule has 1 heterocycles. The molecule has 116 valence electrons. The number of nitrogens with zero attached hydrogens (tertiary/aromatic N) is 1. The van der Waals surface area contributed by atoms with Crippen molar-refractivity contribution in [2.75, 3.05) is 18.8 Å². The van der Waals surface area contributed by atoms with E-state index >= 15 is 0 Å². The minimum absolute atomic E-state index is 0.212. The van der Waals surface area contributed by atoms with E-state index in [0.29, 0.717) is 12.3 Å². The Bertz CT molecular complexity index is 452. The quantitative estimate of drug-likeness (QED) is 0.800. The van der Waals surface area contributed by atoms with Gasteiger partial charge in [0.15, 0.2) is 9.84 Å². The Morgan fingerprint density at radius 3 is 2.05 bits per heavy atom. The summed E-state index contributed by atoms with van der Waals surface area (Å²) in [5.74, 6) is 1.37. The first-order valence-electron chi connectivity index (χ1n) is 7.69. The number of rotatable bonds is 4. The molecular weight excluding hydrogens is 274 g/mol. The first kappa shape index (κ1) is 15.8. The van der Waals surface area contributed by atoms with Crippen molar-refractivity contribution in [2.24, 2.45) is 11.8 Å². The predicted molar refractivity (Wildman–Crippen MR) is 80.2 cm³/mol. The normalized spacial score (nSPS) is 22.1. The molecule has 0 atom stereocenters. The average molecular weight is 301 g/mol. The zero-order chi connectivity index (χ0) is 15.0. The van der Waals surface area contributed by atoms with E-state index in [0.717, 1.165) is 25.9 Å². The smallest absolute Gasteiger partial charge is 0.222 e. The summed E-state index contributed by atoms with van der Waals surface area (Å²) in [7, 11) is -3.05. The van der Waals surface area contributed by atoms with Crippen molar-refractivity contribution in [1.29, 1.82) is 0 Å². The molecular formula is C15H27NO3S. The van der Waals surface area contributed by atoms with Gasteiger partial charge in [-0.15, -0.1) is 0 Å². The minimum Gasteiger partial charge on any atom is -0.343 e. The SMILES string of the molecule is CC(C)(C)S(=O)(=O)CC1CCN(C(=O)CC2CC2)CC1. The summed E-state index contributed by atoms with van der Waals surface area (Å²) < 4.78 is 23.7. The molecule has 1 saturated carbocycles. The van der Waals surface area contributed by atoms with Crippen LogP contribution in [0.2, 0.25) is 0 Å². The zero-order valence-corrected chi connectivity index (χ0v) is 13.7. The molecule has 5 heteroatoms. The van der Waals surface area contributed by atoms with Gasteiger partial charge in [-0.3, -0.25) is 4.79 Å². The number of hydrogen-bond acceptors (Lipinski definition) is 3. The van der Waals surface area contributed by atoms with Crippen LogP contribution in [0.3, 0.4) is 0 Å². The summed E-state index contributed by atoms with van der Waals surface area (Å²) >= 11 is 0. The highest BCUT2D eigenvalue weighted by atomic mass is 32.2. The number of carbonyl (C=O) groups excluding carboxylic acids is 1. The first-order chi connectivity index (χ1) is 9.19. The van der Waals surface area contributed by atoms with Gasteiger partial charge in [0.1, 0.15) is 0 Å². The van der Waals surface area contributed by atoms with E-state index in [9.17, 15) is 13.2 Å². The van der Waals surface area contributed by atoms with Gasteiger partial charge in [0.25, 0.3) is 0 Å². The highest BCUT2D eigenvalue weighted by molar-refractivity contribution is 7.92. The second-order valence-electron chi connectivity index (χ2n) is 7.37. The molecule has 2 fully saturated rings. The number of hydrogen-bond donors (Lipinski definition) is 0. The Kier molecular flexibility index (Phi) is 4.47.